The fraction of sp³-hybridized carbons (Fsp3) is 0.478. The second kappa shape index (κ2) is 9.28. The smallest absolute Gasteiger partial charge is 0.478 e. The van der Waals surface area contributed by atoms with Gasteiger partial charge in [-0.15, -0.1) is 0 Å². The average Bonchev–Trinajstić information content (AvgIpc) is 2.83. The first-order chi connectivity index (χ1) is 14.2. The zero-order valence-corrected chi connectivity index (χ0v) is 19.3. The van der Waals surface area contributed by atoms with E-state index in [0.717, 1.165) is 22.7 Å². The van der Waals surface area contributed by atoms with Crippen LogP contribution in [0.15, 0.2) is 35.8 Å². The maximum atomic E-state index is 12.2. The highest BCUT2D eigenvalue weighted by atomic mass is 16.7. The molecule has 31 heavy (non-hydrogen) atoms. The molecule has 1 aromatic carbocycles. The van der Waals surface area contributed by atoms with Crippen molar-refractivity contribution in [2.75, 3.05) is 6.54 Å². The van der Waals surface area contributed by atoms with Crippen LogP contribution in [-0.4, -0.2) is 47.6 Å². The molecule has 1 amide bonds. The van der Waals surface area contributed by atoms with Crippen molar-refractivity contribution < 1.29 is 28.7 Å². The summed E-state index contributed by atoms with van der Waals surface area (Å²) in [5.41, 5.74) is 0.727. The van der Waals surface area contributed by atoms with Crippen molar-refractivity contribution in [3.8, 4) is 0 Å². The summed E-state index contributed by atoms with van der Waals surface area (Å²) in [6.07, 6.45) is 3.98. The Labute approximate surface area is 184 Å². The molecule has 2 N–H and O–H groups in total. The summed E-state index contributed by atoms with van der Waals surface area (Å²) in [5.74, 6) is -1.000. The fourth-order valence-corrected chi connectivity index (χ4v) is 2.77. The van der Waals surface area contributed by atoms with Crippen LogP contribution in [0.25, 0.3) is 12.2 Å². The number of hydrogen-bond donors (Lipinski definition) is 2. The van der Waals surface area contributed by atoms with Gasteiger partial charge in [-0.25, -0.2) is 9.59 Å². The Hall–Kier alpha value is -2.58. The Morgan fingerprint density at radius 3 is 2.06 bits per heavy atom. The number of nitrogens with one attached hydrogen (secondary N) is 1. The molecule has 0 aromatic heterocycles. The Bertz CT molecular complexity index is 849. The lowest BCUT2D eigenvalue weighted by atomic mass is 9.77. The summed E-state index contributed by atoms with van der Waals surface area (Å²) in [6, 6.07) is 7.35. The minimum absolute atomic E-state index is 0.187. The van der Waals surface area contributed by atoms with Crippen molar-refractivity contribution in [3.05, 3.63) is 46.9 Å². The molecule has 2 rings (SSSR count). The summed E-state index contributed by atoms with van der Waals surface area (Å²) < 4.78 is 17.7. The van der Waals surface area contributed by atoms with E-state index in [1.807, 2.05) is 58.0 Å². The molecule has 0 bridgehead atoms. The highest BCUT2D eigenvalue weighted by Gasteiger charge is 2.52. The fourth-order valence-electron chi connectivity index (χ4n) is 2.77. The van der Waals surface area contributed by atoms with Crippen LogP contribution >= 0.6 is 0 Å². The first-order valence-electron chi connectivity index (χ1n) is 10.2. The van der Waals surface area contributed by atoms with Crippen LogP contribution < -0.4 is 5.32 Å². The number of ether oxygens (including phenoxy) is 1. The number of hydrogen-bond acceptors (Lipinski definition) is 5. The normalized spacial score (nSPS) is 18.3. The molecule has 7 nitrogen and oxygen atoms in total. The van der Waals surface area contributed by atoms with E-state index in [9.17, 15) is 9.59 Å². The zero-order chi connectivity index (χ0) is 23.4. The van der Waals surface area contributed by atoms with Crippen LogP contribution in [0.3, 0.4) is 0 Å². The molecule has 1 heterocycles. The van der Waals surface area contributed by atoms with Gasteiger partial charge < -0.3 is 24.5 Å². The monoisotopic (exact) mass is 429 g/mol. The average molecular weight is 429 g/mol. The first kappa shape index (κ1) is 24.7. The maximum absolute atomic E-state index is 12.2. The van der Waals surface area contributed by atoms with Crippen molar-refractivity contribution >= 4 is 31.3 Å². The number of carboxylic acid groups (broad SMARTS) is 1. The molecule has 0 radical (unpaired) electrons. The summed E-state index contributed by atoms with van der Waals surface area (Å²) in [7, 11) is -0.633. The summed E-state index contributed by atoms with van der Waals surface area (Å²) >= 11 is 0. The number of alkyl carbamates (subject to hydrolysis) is 1. The topological polar surface area (TPSA) is 94.1 Å². The van der Waals surface area contributed by atoms with Crippen molar-refractivity contribution in [2.45, 2.75) is 65.3 Å². The van der Waals surface area contributed by atoms with Gasteiger partial charge >= 0.3 is 19.2 Å². The lowest BCUT2D eigenvalue weighted by molar-refractivity contribution is -0.131. The van der Waals surface area contributed by atoms with E-state index in [1.165, 1.54) is 6.08 Å². The predicted octanol–water partition coefficient (Wildman–Crippen LogP) is 4.32. The second-order valence-electron chi connectivity index (χ2n) is 9.50. The molecule has 0 aliphatic carbocycles. The Morgan fingerprint density at radius 1 is 1.06 bits per heavy atom. The Morgan fingerprint density at radius 2 is 1.58 bits per heavy atom. The lowest BCUT2D eigenvalue weighted by Crippen LogP contribution is -2.41. The van der Waals surface area contributed by atoms with Gasteiger partial charge in [0, 0.05) is 12.6 Å². The van der Waals surface area contributed by atoms with Gasteiger partial charge in [-0.2, -0.15) is 0 Å². The SMILES string of the molecule is CC(C)(C)OC(=O)NCC(=Cc1ccc(/C=C/C(=O)O)cc1)B1OC(C)(C)C(C)(C)O1. The molecule has 0 saturated carbocycles. The van der Waals surface area contributed by atoms with Gasteiger partial charge in [-0.3, -0.25) is 0 Å². The molecule has 1 aromatic rings. The van der Waals surface area contributed by atoms with Gasteiger partial charge in [0.1, 0.15) is 5.60 Å². The maximum Gasteiger partial charge on any atom is 0.492 e. The number of carboxylic acids is 1. The first-order valence-corrected chi connectivity index (χ1v) is 10.2. The van der Waals surface area contributed by atoms with E-state index in [2.05, 4.69) is 5.32 Å². The Kier molecular flexibility index (Phi) is 7.39. The molecular formula is C23H32BNO6. The number of benzene rings is 1. The van der Waals surface area contributed by atoms with Gasteiger partial charge in [-0.1, -0.05) is 30.3 Å². The summed E-state index contributed by atoms with van der Waals surface area (Å²) in [4.78, 5) is 22.8. The molecule has 1 saturated heterocycles. The molecule has 0 spiro atoms. The quantitative estimate of drug-likeness (QED) is 0.517. The van der Waals surface area contributed by atoms with Crippen LogP contribution in [0.1, 0.15) is 59.6 Å². The van der Waals surface area contributed by atoms with Crippen molar-refractivity contribution in [3.63, 3.8) is 0 Å². The Balaban J connectivity index is 2.25. The van der Waals surface area contributed by atoms with E-state index >= 15 is 0 Å². The van der Waals surface area contributed by atoms with E-state index in [0.29, 0.717) is 0 Å². The number of rotatable bonds is 6. The molecule has 0 atom stereocenters. The lowest BCUT2D eigenvalue weighted by Gasteiger charge is -2.32. The van der Waals surface area contributed by atoms with Gasteiger partial charge in [-0.05, 0) is 71.1 Å². The molecule has 1 aliphatic heterocycles. The van der Waals surface area contributed by atoms with E-state index < -0.39 is 36.0 Å². The summed E-state index contributed by atoms with van der Waals surface area (Å²) in [6.45, 7) is 13.5. The molecule has 168 valence electrons. The van der Waals surface area contributed by atoms with Crippen LogP contribution in [0.5, 0.6) is 0 Å². The third-order valence-electron chi connectivity index (χ3n) is 5.10. The van der Waals surface area contributed by atoms with E-state index in [4.69, 9.17) is 19.2 Å². The number of carbonyl (C=O) groups is 2. The minimum Gasteiger partial charge on any atom is -0.478 e. The molecular weight excluding hydrogens is 397 g/mol. The van der Waals surface area contributed by atoms with Crippen LogP contribution in [-0.2, 0) is 18.8 Å². The second-order valence-corrected chi connectivity index (χ2v) is 9.50. The third-order valence-corrected chi connectivity index (χ3v) is 5.10. The van der Waals surface area contributed by atoms with E-state index in [1.54, 1.807) is 20.8 Å². The van der Waals surface area contributed by atoms with Gasteiger partial charge in [0.05, 0.1) is 11.2 Å². The molecule has 1 fully saturated rings. The van der Waals surface area contributed by atoms with Crippen molar-refractivity contribution in [1.82, 2.24) is 5.32 Å². The molecule has 8 heteroatoms. The molecule has 0 unspecified atom stereocenters. The van der Waals surface area contributed by atoms with Crippen molar-refractivity contribution in [2.24, 2.45) is 0 Å². The highest BCUT2D eigenvalue weighted by Crippen LogP contribution is 2.38. The van der Waals surface area contributed by atoms with Crippen LogP contribution in [0, 0.1) is 0 Å². The minimum atomic E-state index is -1.000. The van der Waals surface area contributed by atoms with Gasteiger partial charge in [0.2, 0.25) is 0 Å². The third kappa shape index (κ3) is 7.26. The standard InChI is InChI=1S/C23H32BNO6/c1-21(2,3)29-20(28)25-15-18(24-30-22(4,5)23(6,7)31-24)14-17-10-8-16(9-11-17)12-13-19(26)27/h8-14H,15H2,1-7H3,(H,25,28)(H,26,27)/b13-12+,18-14?. The van der Waals surface area contributed by atoms with Crippen LogP contribution in [0.4, 0.5) is 4.79 Å². The van der Waals surface area contributed by atoms with Crippen molar-refractivity contribution in [1.29, 1.82) is 0 Å². The largest absolute Gasteiger partial charge is 0.492 e. The number of aliphatic carboxylic acids is 1. The van der Waals surface area contributed by atoms with Gasteiger partial charge in [0.25, 0.3) is 0 Å². The van der Waals surface area contributed by atoms with Gasteiger partial charge in [0.15, 0.2) is 0 Å². The number of carbonyl (C=O) groups excluding carboxylic acids is 1. The van der Waals surface area contributed by atoms with Crippen LogP contribution in [0.2, 0.25) is 0 Å². The molecule has 1 aliphatic rings. The highest BCUT2D eigenvalue weighted by molar-refractivity contribution is 6.56. The zero-order valence-electron chi connectivity index (χ0n) is 19.3. The van der Waals surface area contributed by atoms with E-state index in [-0.39, 0.29) is 6.54 Å². The summed E-state index contributed by atoms with van der Waals surface area (Å²) in [5, 5.41) is 11.5. The predicted molar refractivity (Wildman–Crippen MR) is 121 cm³/mol. The number of amides is 1.